The number of carbonyl (C=O) groups excluding carboxylic acids is 2. The number of aryl methyl sites for hydroxylation is 2. The summed E-state index contributed by atoms with van der Waals surface area (Å²) in [5, 5.41) is 11.7. The van der Waals surface area contributed by atoms with Crippen molar-refractivity contribution in [3.05, 3.63) is 83.1 Å². The van der Waals surface area contributed by atoms with Crippen LogP contribution in [-0.2, 0) is 9.53 Å². The summed E-state index contributed by atoms with van der Waals surface area (Å²) in [7, 11) is 0. The summed E-state index contributed by atoms with van der Waals surface area (Å²) in [4.78, 5) is 29.8. The average molecular weight is 473 g/mol. The van der Waals surface area contributed by atoms with Crippen molar-refractivity contribution in [3.63, 3.8) is 0 Å². The van der Waals surface area contributed by atoms with Gasteiger partial charge in [-0.1, -0.05) is 37.6 Å². The summed E-state index contributed by atoms with van der Waals surface area (Å²) in [5.41, 5.74) is 5.06. The molecule has 0 saturated carbocycles. The lowest BCUT2D eigenvalue weighted by Gasteiger charge is -2.12. The molecule has 0 fully saturated rings. The molecule has 0 bridgehead atoms. The Hall–Kier alpha value is -4.27. The van der Waals surface area contributed by atoms with Gasteiger partial charge in [-0.2, -0.15) is 10.2 Å². The number of benzene rings is 1. The minimum absolute atomic E-state index is 0.0196. The van der Waals surface area contributed by atoms with E-state index in [-0.39, 0.29) is 5.92 Å². The number of hydrogen-bond acceptors (Lipinski definition) is 6. The van der Waals surface area contributed by atoms with E-state index in [1.165, 1.54) is 6.20 Å². The zero-order valence-electron chi connectivity index (χ0n) is 20.4. The van der Waals surface area contributed by atoms with Gasteiger partial charge in [0, 0.05) is 6.20 Å². The molecule has 0 unspecified atom stereocenters. The molecule has 3 aromatic heterocycles. The van der Waals surface area contributed by atoms with Gasteiger partial charge in [-0.05, 0) is 51.0 Å². The molecule has 1 N–H and O–H groups in total. The molecule has 180 valence electrons. The number of ether oxygens (including phenoxy) is 1. The highest BCUT2D eigenvalue weighted by Gasteiger charge is 2.23. The predicted octanol–water partition coefficient (Wildman–Crippen LogP) is 4.30. The lowest BCUT2D eigenvalue weighted by atomic mass is 10.1. The summed E-state index contributed by atoms with van der Waals surface area (Å²) in [5.74, 6) is -0.482. The molecule has 35 heavy (non-hydrogen) atoms. The van der Waals surface area contributed by atoms with E-state index in [1.807, 2.05) is 77.1 Å². The molecule has 0 spiro atoms. The lowest BCUT2D eigenvalue weighted by Crippen LogP contribution is -2.22. The van der Waals surface area contributed by atoms with Crippen LogP contribution >= 0.6 is 0 Å². The average Bonchev–Trinajstić information content (AvgIpc) is 3.41. The van der Waals surface area contributed by atoms with Gasteiger partial charge in [-0.15, -0.1) is 0 Å². The van der Waals surface area contributed by atoms with Crippen molar-refractivity contribution >= 4 is 17.6 Å². The topological polar surface area (TPSA) is 104 Å². The highest BCUT2D eigenvalue weighted by atomic mass is 16.5. The Morgan fingerprint density at radius 1 is 1.03 bits per heavy atom. The molecule has 0 aliphatic rings. The van der Waals surface area contributed by atoms with Crippen molar-refractivity contribution in [2.24, 2.45) is 0 Å². The van der Waals surface area contributed by atoms with Crippen LogP contribution in [0.4, 0.5) is 5.69 Å². The number of anilines is 1. The quantitative estimate of drug-likeness (QED) is 0.402. The fraction of sp³-hybridized carbons (Fsp3) is 0.269. The maximum absolute atomic E-state index is 12.8. The first-order valence-corrected chi connectivity index (χ1v) is 11.4. The Bertz CT molecular complexity index is 1350. The normalized spacial score (nSPS) is 11.0. The summed E-state index contributed by atoms with van der Waals surface area (Å²) in [6.45, 7) is 9.20. The third-order valence-electron chi connectivity index (χ3n) is 5.61. The summed E-state index contributed by atoms with van der Waals surface area (Å²) in [6.07, 6.45) is 3.11. The lowest BCUT2D eigenvalue weighted by molar-refractivity contribution is -0.119. The van der Waals surface area contributed by atoms with Crippen LogP contribution in [0.2, 0.25) is 0 Å². The monoisotopic (exact) mass is 472 g/mol. The van der Waals surface area contributed by atoms with Gasteiger partial charge in [0.05, 0.1) is 34.7 Å². The Labute approximate surface area is 203 Å². The van der Waals surface area contributed by atoms with Gasteiger partial charge in [0.15, 0.2) is 12.4 Å². The second-order valence-corrected chi connectivity index (χ2v) is 8.62. The molecule has 0 aliphatic heterocycles. The minimum atomic E-state index is -0.616. The number of nitrogens with one attached hydrogen (secondary N) is 1. The Kier molecular flexibility index (Phi) is 6.77. The first-order chi connectivity index (χ1) is 16.8. The molecule has 0 atom stereocenters. The van der Waals surface area contributed by atoms with E-state index in [1.54, 1.807) is 15.6 Å². The minimum Gasteiger partial charge on any atom is -0.452 e. The number of esters is 1. The van der Waals surface area contributed by atoms with Crippen molar-refractivity contribution < 1.29 is 14.3 Å². The van der Waals surface area contributed by atoms with E-state index < -0.39 is 18.5 Å². The molecule has 4 rings (SSSR count). The van der Waals surface area contributed by atoms with Crippen molar-refractivity contribution in [3.8, 4) is 11.5 Å². The smallest absolute Gasteiger partial charge is 0.342 e. The molecular formula is C26H28N6O3. The van der Waals surface area contributed by atoms with Crippen molar-refractivity contribution in [1.82, 2.24) is 24.5 Å². The van der Waals surface area contributed by atoms with Gasteiger partial charge < -0.3 is 10.1 Å². The van der Waals surface area contributed by atoms with Crippen LogP contribution in [0, 0.1) is 20.8 Å². The molecule has 4 aromatic rings. The van der Waals surface area contributed by atoms with Crippen molar-refractivity contribution in [1.29, 1.82) is 0 Å². The van der Waals surface area contributed by atoms with Crippen LogP contribution < -0.4 is 5.32 Å². The van der Waals surface area contributed by atoms with E-state index in [2.05, 4.69) is 20.5 Å². The van der Waals surface area contributed by atoms with Gasteiger partial charge in [0.25, 0.3) is 5.91 Å². The molecule has 0 radical (unpaired) electrons. The van der Waals surface area contributed by atoms with Crippen molar-refractivity contribution in [2.45, 2.75) is 40.5 Å². The number of nitrogens with zero attached hydrogens (tertiary/aromatic N) is 5. The molecule has 0 aliphatic carbocycles. The van der Waals surface area contributed by atoms with Crippen molar-refractivity contribution in [2.75, 3.05) is 11.9 Å². The molecule has 3 heterocycles. The number of carbonyl (C=O) groups is 2. The molecule has 0 saturated heterocycles. The summed E-state index contributed by atoms with van der Waals surface area (Å²) in [6, 6.07) is 13.4. The standard InChI is InChI=1S/C26H28N6O3/c1-16(2)25-21(14-28-32(25)22-8-6-7-13-27-22)26(34)35-15-23(33)29-24-18(4)30-31(19(24)5)20-11-9-17(3)10-12-20/h6-14,16H,15H2,1-5H3,(H,29,33). The van der Waals surface area contributed by atoms with E-state index in [4.69, 9.17) is 4.74 Å². The molecule has 1 amide bonds. The first-order valence-electron chi connectivity index (χ1n) is 11.4. The summed E-state index contributed by atoms with van der Waals surface area (Å²) >= 11 is 0. The van der Waals surface area contributed by atoms with Gasteiger partial charge >= 0.3 is 5.97 Å². The summed E-state index contributed by atoms with van der Waals surface area (Å²) < 4.78 is 8.73. The molecule has 9 nitrogen and oxygen atoms in total. The molecule has 9 heteroatoms. The number of hydrogen-bond donors (Lipinski definition) is 1. The number of amides is 1. The zero-order chi connectivity index (χ0) is 25.1. The van der Waals surface area contributed by atoms with Gasteiger partial charge in [-0.25, -0.2) is 19.1 Å². The largest absolute Gasteiger partial charge is 0.452 e. The maximum Gasteiger partial charge on any atom is 0.342 e. The molecular weight excluding hydrogens is 444 g/mol. The Morgan fingerprint density at radius 3 is 2.43 bits per heavy atom. The maximum atomic E-state index is 12.8. The fourth-order valence-corrected chi connectivity index (χ4v) is 3.88. The van der Waals surface area contributed by atoms with E-state index in [0.29, 0.717) is 28.5 Å². The van der Waals surface area contributed by atoms with E-state index in [9.17, 15) is 9.59 Å². The van der Waals surface area contributed by atoms with Gasteiger partial charge in [0.1, 0.15) is 5.56 Å². The first kappa shape index (κ1) is 23.9. The van der Waals surface area contributed by atoms with Gasteiger partial charge in [0.2, 0.25) is 0 Å². The highest BCUT2D eigenvalue weighted by Crippen LogP contribution is 2.24. The second kappa shape index (κ2) is 9.92. The highest BCUT2D eigenvalue weighted by molar-refractivity contribution is 5.96. The van der Waals surface area contributed by atoms with Crippen LogP contribution in [0.15, 0.2) is 54.9 Å². The molecule has 1 aromatic carbocycles. The van der Waals surface area contributed by atoms with Crippen LogP contribution in [0.3, 0.4) is 0 Å². The number of aromatic nitrogens is 5. The van der Waals surface area contributed by atoms with Crippen LogP contribution in [-0.4, -0.2) is 43.0 Å². The van der Waals surface area contributed by atoms with E-state index >= 15 is 0 Å². The Morgan fingerprint density at radius 2 is 1.77 bits per heavy atom. The van der Waals surface area contributed by atoms with E-state index in [0.717, 1.165) is 16.9 Å². The predicted molar refractivity (Wildman–Crippen MR) is 132 cm³/mol. The third-order valence-corrected chi connectivity index (χ3v) is 5.61. The van der Waals surface area contributed by atoms with Crippen LogP contribution in [0.1, 0.15) is 52.8 Å². The van der Waals surface area contributed by atoms with Gasteiger partial charge in [-0.3, -0.25) is 4.79 Å². The number of rotatable bonds is 7. The fourth-order valence-electron chi connectivity index (χ4n) is 3.88. The third kappa shape index (κ3) is 4.98. The zero-order valence-corrected chi connectivity index (χ0v) is 20.4. The SMILES string of the molecule is Cc1ccc(-n2nc(C)c(NC(=O)COC(=O)c3cnn(-c4ccccn4)c3C(C)C)c2C)cc1. The second-order valence-electron chi connectivity index (χ2n) is 8.62. The van der Waals surface area contributed by atoms with Crippen LogP contribution in [0.5, 0.6) is 0 Å². The Balaban J connectivity index is 1.46. The number of pyridine rings is 1. The van der Waals surface area contributed by atoms with Crippen LogP contribution in [0.25, 0.3) is 11.5 Å².